The van der Waals surface area contributed by atoms with Crippen molar-refractivity contribution >= 4 is 17.6 Å². The monoisotopic (exact) mass is 436 g/mol. The van der Waals surface area contributed by atoms with E-state index in [1.807, 2.05) is 31.2 Å². The number of nitrogens with zero attached hydrogens (tertiary/aromatic N) is 1. The topological polar surface area (TPSA) is 74.8 Å². The molecule has 32 heavy (non-hydrogen) atoms. The van der Waals surface area contributed by atoms with Gasteiger partial charge in [0, 0.05) is 44.8 Å². The van der Waals surface area contributed by atoms with E-state index < -0.39 is 0 Å². The van der Waals surface area contributed by atoms with Gasteiger partial charge in [-0.25, -0.2) is 0 Å². The Kier molecular flexibility index (Phi) is 9.11. The Morgan fingerprint density at radius 2 is 1.97 bits per heavy atom. The van der Waals surface area contributed by atoms with E-state index in [2.05, 4.69) is 52.1 Å². The fourth-order valence-electron chi connectivity index (χ4n) is 4.02. The highest BCUT2D eigenvalue weighted by atomic mass is 16.5. The molecule has 172 valence electrons. The second kappa shape index (κ2) is 12.2. The molecule has 1 heterocycles. The smallest absolute Gasteiger partial charge is 0.224 e. The van der Waals surface area contributed by atoms with Gasteiger partial charge in [0.25, 0.3) is 0 Å². The van der Waals surface area contributed by atoms with Gasteiger partial charge >= 0.3 is 0 Å². The number of aliphatic imine (C=N–C) groups is 1. The highest BCUT2D eigenvalue weighted by Crippen LogP contribution is 2.33. The zero-order valence-corrected chi connectivity index (χ0v) is 19.5. The van der Waals surface area contributed by atoms with Crippen molar-refractivity contribution in [3.63, 3.8) is 0 Å². The lowest BCUT2D eigenvalue weighted by Crippen LogP contribution is -2.41. The molecule has 1 saturated heterocycles. The minimum Gasteiger partial charge on any atom is -0.373 e. The molecule has 0 bridgehead atoms. The van der Waals surface area contributed by atoms with Crippen LogP contribution in [0.1, 0.15) is 55.4 Å². The van der Waals surface area contributed by atoms with E-state index in [1.54, 1.807) is 7.05 Å². The average molecular weight is 437 g/mol. The van der Waals surface area contributed by atoms with Crippen LogP contribution in [0.3, 0.4) is 0 Å². The number of hydrogen-bond donors (Lipinski definition) is 3. The Bertz CT molecular complexity index is 895. The maximum Gasteiger partial charge on any atom is 0.224 e. The van der Waals surface area contributed by atoms with E-state index in [4.69, 9.17) is 4.74 Å². The fourth-order valence-corrected chi connectivity index (χ4v) is 4.02. The van der Waals surface area contributed by atoms with Gasteiger partial charge in [0.1, 0.15) is 0 Å². The van der Waals surface area contributed by atoms with Gasteiger partial charge in [0.15, 0.2) is 5.96 Å². The van der Waals surface area contributed by atoms with Crippen molar-refractivity contribution < 1.29 is 9.53 Å². The van der Waals surface area contributed by atoms with Crippen LogP contribution in [0.25, 0.3) is 0 Å². The number of guanidine groups is 1. The zero-order chi connectivity index (χ0) is 22.8. The summed E-state index contributed by atoms with van der Waals surface area (Å²) < 4.78 is 6.14. The third kappa shape index (κ3) is 7.09. The second-order valence-corrected chi connectivity index (χ2v) is 8.41. The lowest BCUT2D eigenvalue weighted by Gasteiger charge is -2.32. The van der Waals surface area contributed by atoms with Crippen LogP contribution in [0.5, 0.6) is 0 Å². The van der Waals surface area contributed by atoms with Gasteiger partial charge in [-0.05, 0) is 49.4 Å². The molecule has 3 rings (SSSR count). The molecule has 1 aliphatic rings. The number of carbonyl (C=O) groups is 1. The van der Waals surface area contributed by atoms with Crippen molar-refractivity contribution in [2.45, 2.75) is 52.2 Å². The van der Waals surface area contributed by atoms with E-state index >= 15 is 0 Å². The van der Waals surface area contributed by atoms with E-state index in [0.29, 0.717) is 18.9 Å². The van der Waals surface area contributed by atoms with Crippen LogP contribution in [0.15, 0.2) is 53.5 Å². The number of rotatable bonds is 8. The summed E-state index contributed by atoms with van der Waals surface area (Å²) >= 11 is 0. The lowest BCUT2D eigenvalue weighted by atomic mass is 9.89. The first-order valence-corrected chi connectivity index (χ1v) is 11.6. The quantitative estimate of drug-likeness (QED) is 0.419. The molecule has 2 unspecified atom stereocenters. The molecule has 0 spiro atoms. The lowest BCUT2D eigenvalue weighted by molar-refractivity contribution is -0.116. The Morgan fingerprint density at radius 1 is 1.16 bits per heavy atom. The van der Waals surface area contributed by atoms with Crippen LogP contribution < -0.4 is 16.0 Å². The molecule has 1 fully saturated rings. The summed E-state index contributed by atoms with van der Waals surface area (Å²) in [5, 5.41) is 9.80. The maximum atomic E-state index is 11.9. The van der Waals surface area contributed by atoms with E-state index in [-0.39, 0.29) is 12.0 Å². The summed E-state index contributed by atoms with van der Waals surface area (Å²) in [6.45, 7) is 6.34. The van der Waals surface area contributed by atoms with Crippen LogP contribution in [0.2, 0.25) is 0 Å². The van der Waals surface area contributed by atoms with Crippen molar-refractivity contribution in [2.24, 2.45) is 10.9 Å². The molecule has 0 saturated carbocycles. The van der Waals surface area contributed by atoms with E-state index in [9.17, 15) is 4.79 Å². The van der Waals surface area contributed by atoms with Crippen LogP contribution >= 0.6 is 0 Å². The Morgan fingerprint density at radius 3 is 2.72 bits per heavy atom. The first-order chi connectivity index (χ1) is 15.6. The third-order valence-corrected chi connectivity index (χ3v) is 5.75. The Balaban J connectivity index is 1.53. The van der Waals surface area contributed by atoms with E-state index in [1.165, 1.54) is 11.1 Å². The highest BCUT2D eigenvalue weighted by molar-refractivity contribution is 5.90. The number of nitrogens with one attached hydrogen (secondary N) is 3. The molecule has 1 amide bonds. The number of carbonyl (C=O) groups excluding carboxylic acids is 1. The highest BCUT2D eigenvalue weighted by Gasteiger charge is 2.27. The molecule has 6 heteroatoms. The summed E-state index contributed by atoms with van der Waals surface area (Å²) in [6, 6.07) is 16.6. The van der Waals surface area contributed by atoms with Gasteiger partial charge in [0.05, 0.1) is 6.10 Å². The van der Waals surface area contributed by atoms with Gasteiger partial charge < -0.3 is 20.7 Å². The van der Waals surface area contributed by atoms with Crippen molar-refractivity contribution in [2.75, 3.05) is 25.5 Å². The average Bonchev–Trinajstić information content (AvgIpc) is 2.80. The Labute approximate surface area is 191 Å². The van der Waals surface area contributed by atoms with Gasteiger partial charge in [-0.3, -0.25) is 9.79 Å². The van der Waals surface area contributed by atoms with Crippen molar-refractivity contribution in [1.82, 2.24) is 10.6 Å². The Hall–Kier alpha value is -2.86. The molecule has 2 atom stereocenters. The summed E-state index contributed by atoms with van der Waals surface area (Å²) in [5.74, 6) is 1.20. The van der Waals surface area contributed by atoms with Crippen LogP contribution in [-0.4, -0.2) is 32.1 Å². The van der Waals surface area contributed by atoms with Gasteiger partial charge in [0.2, 0.25) is 5.91 Å². The van der Waals surface area contributed by atoms with Gasteiger partial charge in [-0.1, -0.05) is 48.9 Å². The molecule has 0 aromatic heterocycles. The summed E-state index contributed by atoms with van der Waals surface area (Å²) in [7, 11) is 1.78. The molecule has 0 radical (unpaired) electrons. The van der Waals surface area contributed by atoms with Gasteiger partial charge in [-0.2, -0.15) is 0 Å². The summed E-state index contributed by atoms with van der Waals surface area (Å²) in [4.78, 5) is 16.2. The van der Waals surface area contributed by atoms with Crippen LogP contribution in [0.4, 0.5) is 5.69 Å². The molecule has 2 aromatic carbocycles. The number of amides is 1. The maximum absolute atomic E-state index is 11.9. The van der Waals surface area contributed by atoms with Crippen molar-refractivity contribution in [3.8, 4) is 0 Å². The van der Waals surface area contributed by atoms with Crippen LogP contribution in [-0.2, 0) is 16.1 Å². The van der Waals surface area contributed by atoms with Gasteiger partial charge in [-0.15, -0.1) is 0 Å². The first kappa shape index (κ1) is 23.8. The predicted molar refractivity (Wildman–Crippen MR) is 131 cm³/mol. The molecule has 1 aliphatic heterocycles. The number of anilines is 1. The number of aryl methyl sites for hydroxylation is 1. The summed E-state index contributed by atoms with van der Waals surface area (Å²) in [6.07, 6.45) is 3.69. The molecular formula is C26H36N4O2. The van der Waals surface area contributed by atoms with E-state index in [0.717, 1.165) is 49.6 Å². The minimum atomic E-state index is 0.0490. The third-order valence-electron chi connectivity index (χ3n) is 5.75. The normalized spacial score (nSPS) is 18.8. The summed E-state index contributed by atoms with van der Waals surface area (Å²) in [5.41, 5.74) is 4.41. The minimum absolute atomic E-state index is 0.0490. The van der Waals surface area contributed by atoms with Crippen molar-refractivity contribution in [3.05, 3.63) is 65.2 Å². The molecule has 0 aliphatic carbocycles. The standard InChI is InChI=1S/C26H36N4O2/c1-4-7-24(31)30-23-10-5-8-20(16-23)17-28-26(27-3)29-18-22-9-6-15-32-25(22)21-13-11-19(2)12-14-21/h5,8,10-14,16,22,25H,4,6-7,9,15,17-18H2,1-3H3,(H,30,31)(H2,27,28,29). The molecule has 2 aromatic rings. The van der Waals surface area contributed by atoms with Crippen LogP contribution in [0, 0.1) is 12.8 Å². The predicted octanol–water partition coefficient (Wildman–Crippen LogP) is 4.57. The largest absolute Gasteiger partial charge is 0.373 e. The number of benzene rings is 2. The fraction of sp³-hybridized carbons (Fsp3) is 0.462. The number of hydrogen-bond acceptors (Lipinski definition) is 3. The zero-order valence-electron chi connectivity index (χ0n) is 19.5. The molecular weight excluding hydrogens is 400 g/mol. The SMILES string of the molecule is CCCC(=O)Nc1cccc(CNC(=NC)NCC2CCCOC2c2ccc(C)cc2)c1. The molecule has 3 N–H and O–H groups in total. The first-order valence-electron chi connectivity index (χ1n) is 11.6. The van der Waals surface area contributed by atoms with Crippen molar-refractivity contribution in [1.29, 1.82) is 0 Å². The number of ether oxygens (including phenoxy) is 1. The second-order valence-electron chi connectivity index (χ2n) is 8.41. The molecule has 6 nitrogen and oxygen atoms in total.